The minimum absolute atomic E-state index is 0.177. The highest BCUT2D eigenvalue weighted by Crippen LogP contribution is 2.32. The highest BCUT2D eigenvalue weighted by atomic mass is 19.1. The second-order valence-corrected chi connectivity index (χ2v) is 4.53. The summed E-state index contributed by atoms with van der Waals surface area (Å²) in [6.45, 7) is 1.88. The zero-order valence-electron chi connectivity index (χ0n) is 11.0. The van der Waals surface area contributed by atoms with Gasteiger partial charge in [-0.3, -0.25) is 0 Å². The molecule has 2 aromatic rings. The topological polar surface area (TPSA) is 29.5 Å². The zero-order valence-corrected chi connectivity index (χ0v) is 11.0. The fourth-order valence-electron chi connectivity index (χ4n) is 2.08. The average Bonchev–Trinajstić information content (AvgIpc) is 2.46. The highest BCUT2D eigenvalue weighted by molar-refractivity contribution is 5.32. The standard InChI is InChI=1S/C16H17FO2/c1-11(12-6-4-3-5-7-12)16(18)14-9-8-13(19-2)10-15(14)17/h3-11,16,18H,1-2H3. The lowest BCUT2D eigenvalue weighted by atomic mass is 9.90. The summed E-state index contributed by atoms with van der Waals surface area (Å²) in [5, 5.41) is 10.3. The van der Waals surface area contributed by atoms with Gasteiger partial charge in [-0.2, -0.15) is 0 Å². The van der Waals surface area contributed by atoms with E-state index >= 15 is 0 Å². The number of hydrogen-bond acceptors (Lipinski definition) is 2. The molecule has 0 aliphatic carbocycles. The van der Waals surface area contributed by atoms with E-state index in [0.29, 0.717) is 5.75 Å². The Hall–Kier alpha value is -1.87. The van der Waals surface area contributed by atoms with Gasteiger partial charge >= 0.3 is 0 Å². The first kappa shape index (κ1) is 13.6. The molecule has 2 unspecified atom stereocenters. The molecule has 0 fully saturated rings. The van der Waals surface area contributed by atoms with Crippen molar-refractivity contribution in [2.75, 3.05) is 7.11 Å². The number of methoxy groups -OCH3 is 1. The van der Waals surface area contributed by atoms with Gasteiger partial charge in [-0.1, -0.05) is 37.3 Å². The molecule has 0 amide bonds. The lowest BCUT2D eigenvalue weighted by Gasteiger charge is -2.20. The largest absolute Gasteiger partial charge is 0.497 e. The van der Waals surface area contributed by atoms with Crippen molar-refractivity contribution in [1.82, 2.24) is 0 Å². The maximum Gasteiger partial charge on any atom is 0.132 e. The van der Waals surface area contributed by atoms with Crippen LogP contribution in [-0.2, 0) is 0 Å². The molecule has 2 nitrogen and oxygen atoms in total. The Balaban J connectivity index is 2.26. The van der Waals surface area contributed by atoms with Crippen molar-refractivity contribution in [2.45, 2.75) is 18.9 Å². The molecule has 2 rings (SSSR count). The number of hydrogen-bond donors (Lipinski definition) is 1. The fourth-order valence-corrected chi connectivity index (χ4v) is 2.08. The van der Waals surface area contributed by atoms with Crippen LogP contribution in [0.5, 0.6) is 5.75 Å². The average molecular weight is 260 g/mol. The molecule has 0 aliphatic heterocycles. The first-order valence-electron chi connectivity index (χ1n) is 6.20. The molecule has 0 saturated heterocycles. The Labute approximate surface area is 112 Å². The summed E-state index contributed by atoms with van der Waals surface area (Å²) in [6, 6.07) is 14.1. The van der Waals surface area contributed by atoms with E-state index in [0.717, 1.165) is 5.56 Å². The van der Waals surface area contributed by atoms with Crippen molar-refractivity contribution >= 4 is 0 Å². The summed E-state index contributed by atoms with van der Waals surface area (Å²) >= 11 is 0. The Morgan fingerprint density at radius 1 is 1.11 bits per heavy atom. The summed E-state index contributed by atoms with van der Waals surface area (Å²) in [4.78, 5) is 0. The monoisotopic (exact) mass is 260 g/mol. The molecule has 0 aromatic heterocycles. The number of benzene rings is 2. The van der Waals surface area contributed by atoms with Crippen LogP contribution in [-0.4, -0.2) is 12.2 Å². The second kappa shape index (κ2) is 5.85. The molecular weight excluding hydrogens is 243 g/mol. The SMILES string of the molecule is COc1ccc(C(O)C(C)c2ccccc2)c(F)c1. The van der Waals surface area contributed by atoms with Crippen LogP contribution < -0.4 is 4.74 Å². The molecule has 2 atom stereocenters. The Morgan fingerprint density at radius 3 is 2.37 bits per heavy atom. The van der Waals surface area contributed by atoms with E-state index in [1.54, 1.807) is 12.1 Å². The van der Waals surface area contributed by atoms with Gasteiger partial charge in [0.05, 0.1) is 13.2 Å². The van der Waals surface area contributed by atoms with Crippen LogP contribution in [0.15, 0.2) is 48.5 Å². The predicted octanol–water partition coefficient (Wildman–Crippen LogP) is 3.67. The Kier molecular flexibility index (Phi) is 4.17. The summed E-state index contributed by atoms with van der Waals surface area (Å²) in [5.74, 6) is -0.181. The van der Waals surface area contributed by atoms with E-state index in [1.165, 1.54) is 13.2 Å². The third-order valence-corrected chi connectivity index (χ3v) is 3.33. The number of halogens is 1. The van der Waals surface area contributed by atoms with Crippen molar-refractivity contribution in [1.29, 1.82) is 0 Å². The minimum atomic E-state index is -0.881. The predicted molar refractivity (Wildman–Crippen MR) is 72.8 cm³/mol. The van der Waals surface area contributed by atoms with Gasteiger partial charge < -0.3 is 9.84 Å². The van der Waals surface area contributed by atoms with Gasteiger partial charge in [0.1, 0.15) is 11.6 Å². The quantitative estimate of drug-likeness (QED) is 0.908. The Morgan fingerprint density at radius 2 is 1.79 bits per heavy atom. The number of aliphatic hydroxyl groups is 1. The smallest absolute Gasteiger partial charge is 0.132 e. The molecule has 3 heteroatoms. The van der Waals surface area contributed by atoms with E-state index < -0.39 is 11.9 Å². The molecule has 0 heterocycles. The number of aliphatic hydroxyl groups excluding tert-OH is 1. The van der Waals surface area contributed by atoms with E-state index in [9.17, 15) is 9.50 Å². The van der Waals surface area contributed by atoms with Crippen molar-refractivity contribution in [3.63, 3.8) is 0 Å². The summed E-state index contributed by atoms with van der Waals surface area (Å²) in [7, 11) is 1.48. The molecule has 0 bridgehead atoms. The molecule has 0 aliphatic rings. The van der Waals surface area contributed by atoms with Crippen LogP contribution in [0.3, 0.4) is 0 Å². The van der Waals surface area contributed by atoms with Crippen molar-refractivity contribution < 1.29 is 14.2 Å². The van der Waals surface area contributed by atoms with Crippen LogP contribution in [0, 0.1) is 5.82 Å². The maximum absolute atomic E-state index is 13.9. The fraction of sp³-hybridized carbons (Fsp3) is 0.250. The lowest BCUT2D eigenvalue weighted by molar-refractivity contribution is 0.147. The molecule has 0 spiro atoms. The lowest BCUT2D eigenvalue weighted by Crippen LogP contribution is -2.09. The van der Waals surface area contributed by atoms with Gasteiger partial charge in [0.2, 0.25) is 0 Å². The third kappa shape index (κ3) is 2.93. The zero-order chi connectivity index (χ0) is 13.8. The molecular formula is C16H17FO2. The molecule has 100 valence electrons. The van der Waals surface area contributed by atoms with Crippen LogP contribution >= 0.6 is 0 Å². The second-order valence-electron chi connectivity index (χ2n) is 4.53. The van der Waals surface area contributed by atoms with E-state index in [-0.39, 0.29) is 11.5 Å². The van der Waals surface area contributed by atoms with Crippen LogP contribution in [0.25, 0.3) is 0 Å². The van der Waals surface area contributed by atoms with Crippen molar-refractivity contribution in [2.24, 2.45) is 0 Å². The van der Waals surface area contributed by atoms with E-state index in [4.69, 9.17) is 4.74 Å². The number of ether oxygens (including phenoxy) is 1. The van der Waals surface area contributed by atoms with Crippen molar-refractivity contribution in [3.05, 3.63) is 65.5 Å². The van der Waals surface area contributed by atoms with Crippen LogP contribution in [0.2, 0.25) is 0 Å². The van der Waals surface area contributed by atoms with Crippen molar-refractivity contribution in [3.8, 4) is 5.75 Å². The van der Waals surface area contributed by atoms with Gasteiger partial charge in [0.25, 0.3) is 0 Å². The van der Waals surface area contributed by atoms with E-state index in [1.807, 2.05) is 37.3 Å². The minimum Gasteiger partial charge on any atom is -0.497 e. The van der Waals surface area contributed by atoms with Gasteiger partial charge in [0, 0.05) is 17.5 Å². The first-order chi connectivity index (χ1) is 9.13. The summed E-state index contributed by atoms with van der Waals surface area (Å²) < 4.78 is 18.9. The van der Waals surface area contributed by atoms with Gasteiger partial charge in [-0.15, -0.1) is 0 Å². The van der Waals surface area contributed by atoms with Gasteiger partial charge in [-0.05, 0) is 17.7 Å². The van der Waals surface area contributed by atoms with Gasteiger partial charge in [0.15, 0.2) is 0 Å². The van der Waals surface area contributed by atoms with Crippen LogP contribution in [0.4, 0.5) is 4.39 Å². The van der Waals surface area contributed by atoms with Gasteiger partial charge in [-0.25, -0.2) is 4.39 Å². The third-order valence-electron chi connectivity index (χ3n) is 3.33. The molecule has 0 radical (unpaired) electrons. The normalized spacial score (nSPS) is 13.9. The molecule has 2 aromatic carbocycles. The maximum atomic E-state index is 13.9. The first-order valence-corrected chi connectivity index (χ1v) is 6.20. The summed E-state index contributed by atoms with van der Waals surface area (Å²) in [6.07, 6.45) is -0.881. The van der Waals surface area contributed by atoms with Crippen LogP contribution in [0.1, 0.15) is 30.1 Å². The molecule has 19 heavy (non-hydrogen) atoms. The molecule has 0 saturated carbocycles. The molecule has 1 N–H and O–H groups in total. The highest BCUT2D eigenvalue weighted by Gasteiger charge is 2.21. The van der Waals surface area contributed by atoms with E-state index in [2.05, 4.69) is 0 Å². The number of rotatable bonds is 4. The Bertz CT molecular complexity index is 540. The summed E-state index contributed by atoms with van der Waals surface area (Å²) in [5.41, 5.74) is 1.27.